The van der Waals surface area contributed by atoms with E-state index in [4.69, 9.17) is 11.6 Å². The third-order valence-corrected chi connectivity index (χ3v) is 5.73. The van der Waals surface area contributed by atoms with E-state index in [-0.39, 0.29) is 21.8 Å². The molecule has 0 saturated heterocycles. The monoisotopic (exact) mass is 351 g/mol. The second kappa shape index (κ2) is 6.17. The Morgan fingerprint density at radius 2 is 1.61 bits per heavy atom. The second-order valence-corrected chi connectivity index (χ2v) is 9.22. The van der Waals surface area contributed by atoms with Gasteiger partial charge in [-0.2, -0.15) is 0 Å². The van der Waals surface area contributed by atoms with Gasteiger partial charge in [0, 0.05) is 16.1 Å². The predicted octanol–water partition coefficient (Wildman–Crippen LogP) is 5.24. The zero-order chi connectivity index (χ0) is 17.4. The van der Waals surface area contributed by atoms with Crippen LogP contribution in [0.1, 0.15) is 33.3 Å². The van der Waals surface area contributed by atoms with Crippen molar-refractivity contribution in [3.05, 3.63) is 47.0 Å². The van der Waals surface area contributed by atoms with Gasteiger partial charge in [-0.25, -0.2) is 8.42 Å². The van der Waals surface area contributed by atoms with Crippen LogP contribution in [-0.4, -0.2) is 14.2 Å². The Morgan fingerprint density at radius 3 is 2.09 bits per heavy atom. The summed E-state index contributed by atoms with van der Waals surface area (Å²) in [6.07, 6.45) is 0. The zero-order valence-corrected chi connectivity index (χ0v) is 15.3. The first-order valence-electron chi connectivity index (χ1n) is 7.40. The number of halogens is 1. The molecule has 3 nitrogen and oxygen atoms in total. The van der Waals surface area contributed by atoms with E-state index in [2.05, 4.69) is 0 Å². The van der Waals surface area contributed by atoms with Crippen molar-refractivity contribution >= 4 is 21.4 Å². The molecule has 0 aliphatic carbocycles. The first-order valence-corrected chi connectivity index (χ1v) is 9.43. The molecule has 0 atom stereocenters. The Bertz CT molecular complexity index is 817. The first-order chi connectivity index (χ1) is 10.6. The molecule has 0 aromatic heterocycles. The van der Waals surface area contributed by atoms with Gasteiger partial charge in [-0.1, -0.05) is 51.4 Å². The average molecular weight is 352 g/mol. The highest BCUT2D eigenvalue weighted by Gasteiger charge is 2.23. The van der Waals surface area contributed by atoms with Gasteiger partial charge in [0.2, 0.25) is 0 Å². The number of benzene rings is 2. The SMILES string of the molecule is CCS(=O)(=O)c1ccc(-c2cc(Cl)cc(C(C)(C)C)c2[O])cc1. The van der Waals surface area contributed by atoms with Crippen molar-refractivity contribution in [3.63, 3.8) is 0 Å². The van der Waals surface area contributed by atoms with E-state index in [1.54, 1.807) is 31.2 Å². The molecule has 23 heavy (non-hydrogen) atoms. The average Bonchev–Trinajstić information content (AvgIpc) is 2.48. The molecule has 0 bridgehead atoms. The lowest BCUT2D eigenvalue weighted by Gasteiger charge is -2.21. The van der Waals surface area contributed by atoms with E-state index in [0.717, 1.165) is 0 Å². The van der Waals surface area contributed by atoms with Crippen molar-refractivity contribution in [2.45, 2.75) is 38.0 Å². The molecule has 5 heteroatoms. The third kappa shape index (κ3) is 3.70. The molecule has 0 N–H and O–H groups in total. The van der Waals surface area contributed by atoms with Crippen LogP contribution in [0, 0.1) is 0 Å². The third-order valence-electron chi connectivity index (χ3n) is 3.77. The summed E-state index contributed by atoms with van der Waals surface area (Å²) >= 11 is 6.17. The molecule has 0 unspecified atom stereocenters. The summed E-state index contributed by atoms with van der Waals surface area (Å²) in [6, 6.07) is 9.70. The minimum absolute atomic E-state index is 0.0461. The van der Waals surface area contributed by atoms with Gasteiger partial charge in [-0.15, -0.1) is 0 Å². The van der Waals surface area contributed by atoms with Gasteiger partial charge < -0.3 is 0 Å². The smallest absolute Gasteiger partial charge is 0.190 e. The summed E-state index contributed by atoms with van der Waals surface area (Å²) in [5.74, 6) is -0.0298. The normalized spacial score (nSPS) is 12.4. The van der Waals surface area contributed by atoms with Crippen LogP contribution >= 0.6 is 11.6 Å². The van der Waals surface area contributed by atoms with Crippen molar-refractivity contribution in [1.29, 1.82) is 0 Å². The minimum Gasteiger partial charge on any atom is -0.289 e. The quantitative estimate of drug-likeness (QED) is 0.759. The molecule has 0 spiro atoms. The van der Waals surface area contributed by atoms with Gasteiger partial charge >= 0.3 is 0 Å². The van der Waals surface area contributed by atoms with Gasteiger partial charge in [-0.05, 0) is 35.2 Å². The van der Waals surface area contributed by atoms with Gasteiger partial charge in [-0.3, -0.25) is 5.11 Å². The van der Waals surface area contributed by atoms with Crippen LogP contribution in [-0.2, 0) is 20.4 Å². The van der Waals surface area contributed by atoms with Crippen LogP contribution in [0.5, 0.6) is 5.75 Å². The standard InChI is InChI=1S/C18H20ClO3S/c1-5-23(21,22)14-8-6-12(7-9-14)15-10-13(19)11-16(17(15)20)18(2,3)4/h6-11H,5H2,1-4H3. The maximum Gasteiger partial charge on any atom is 0.190 e. The van der Waals surface area contributed by atoms with E-state index in [1.165, 1.54) is 12.1 Å². The predicted molar refractivity (Wildman–Crippen MR) is 93.4 cm³/mol. The lowest BCUT2D eigenvalue weighted by molar-refractivity contribution is 0.342. The van der Waals surface area contributed by atoms with Crippen LogP contribution in [0.2, 0.25) is 5.02 Å². The molecule has 2 rings (SSSR count). The fourth-order valence-corrected chi connectivity index (χ4v) is 3.48. The first kappa shape index (κ1) is 17.8. The van der Waals surface area contributed by atoms with Gasteiger partial charge in [0.05, 0.1) is 10.6 Å². The van der Waals surface area contributed by atoms with Crippen LogP contribution in [0.4, 0.5) is 0 Å². The summed E-state index contributed by atoms with van der Waals surface area (Å²) in [5, 5.41) is 13.2. The Morgan fingerprint density at radius 1 is 1.04 bits per heavy atom. The van der Waals surface area contributed by atoms with E-state index in [9.17, 15) is 13.5 Å². The van der Waals surface area contributed by atoms with Crippen LogP contribution in [0.15, 0.2) is 41.3 Å². The molecule has 0 amide bonds. The molecule has 0 fully saturated rings. The van der Waals surface area contributed by atoms with E-state index in [0.29, 0.717) is 21.7 Å². The van der Waals surface area contributed by atoms with Gasteiger partial charge in [0.25, 0.3) is 0 Å². The molecule has 1 radical (unpaired) electrons. The lowest BCUT2D eigenvalue weighted by Crippen LogP contribution is -2.11. The van der Waals surface area contributed by atoms with Crippen molar-refractivity contribution in [2.24, 2.45) is 0 Å². The summed E-state index contributed by atoms with van der Waals surface area (Å²) in [4.78, 5) is 0.259. The molecule has 0 aliphatic heterocycles. The molecular weight excluding hydrogens is 332 g/mol. The highest BCUT2D eigenvalue weighted by Crippen LogP contribution is 2.41. The molecule has 0 saturated carbocycles. The van der Waals surface area contributed by atoms with E-state index < -0.39 is 9.84 Å². The highest BCUT2D eigenvalue weighted by molar-refractivity contribution is 7.91. The molecule has 0 aliphatic rings. The number of sulfone groups is 1. The Labute approximate surface area is 142 Å². The summed E-state index contributed by atoms with van der Waals surface area (Å²) in [5.41, 5.74) is 1.48. The highest BCUT2D eigenvalue weighted by atomic mass is 35.5. The largest absolute Gasteiger partial charge is 0.289 e. The molecule has 2 aromatic carbocycles. The van der Waals surface area contributed by atoms with Crippen molar-refractivity contribution in [1.82, 2.24) is 0 Å². The summed E-state index contributed by atoms with van der Waals surface area (Å²) < 4.78 is 23.7. The van der Waals surface area contributed by atoms with Crippen LogP contribution < -0.4 is 0 Å². The van der Waals surface area contributed by atoms with Crippen LogP contribution in [0.25, 0.3) is 11.1 Å². The number of hydrogen-bond acceptors (Lipinski definition) is 2. The summed E-state index contributed by atoms with van der Waals surface area (Å²) in [7, 11) is -3.25. The fraction of sp³-hybridized carbons (Fsp3) is 0.333. The Kier molecular flexibility index (Phi) is 4.79. The molecular formula is C18H20ClO3S. The topological polar surface area (TPSA) is 54.0 Å². The molecule has 0 heterocycles. The number of rotatable bonds is 3. The maximum atomic E-state index is 12.7. The van der Waals surface area contributed by atoms with Crippen molar-refractivity contribution in [2.75, 3.05) is 5.75 Å². The molecule has 2 aromatic rings. The van der Waals surface area contributed by atoms with E-state index in [1.807, 2.05) is 20.8 Å². The molecule has 123 valence electrons. The Hall–Kier alpha value is -1.52. The van der Waals surface area contributed by atoms with Crippen LogP contribution in [0.3, 0.4) is 0 Å². The fourth-order valence-electron chi connectivity index (χ4n) is 2.37. The minimum atomic E-state index is -3.25. The van der Waals surface area contributed by atoms with Crippen molar-refractivity contribution < 1.29 is 13.5 Å². The van der Waals surface area contributed by atoms with Gasteiger partial charge in [0.1, 0.15) is 0 Å². The van der Waals surface area contributed by atoms with E-state index >= 15 is 0 Å². The maximum absolute atomic E-state index is 12.7. The summed E-state index contributed by atoms with van der Waals surface area (Å²) in [6.45, 7) is 7.48. The number of hydrogen-bond donors (Lipinski definition) is 0. The zero-order valence-electron chi connectivity index (χ0n) is 13.7. The van der Waals surface area contributed by atoms with Crippen molar-refractivity contribution in [3.8, 4) is 16.9 Å². The Balaban J connectivity index is 2.58. The second-order valence-electron chi connectivity index (χ2n) is 6.51. The van der Waals surface area contributed by atoms with Gasteiger partial charge in [0.15, 0.2) is 15.6 Å². The lowest BCUT2D eigenvalue weighted by atomic mass is 9.84.